The molecule has 3 heterocycles. The fourth-order valence-corrected chi connectivity index (χ4v) is 3.19. The van der Waals surface area contributed by atoms with Crippen molar-refractivity contribution in [2.75, 3.05) is 18.9 Å². The van der Waals surface area contributed by atoms with Crippen molar-refractivity contribution in [1.82, 2.24) is 25.3 Å². The zero-order valence-corrected chi connectivity index (χ0v) is 15.6. The Morgan fingerprint density at radius 1 is 1.11 bits per heavy atom. The second kappa shape index (κ2) is 7.73. The number of nitrogens with one attached hydrogen (secondary N) is 3. The number of H-pyrrole nitrogens is 1. The summed E-state index contributed by atoms with van der Waals surface area (Å²) >= 11 is 6.42. The van der Waals surface area contributed by atoms with Crippen LogP contribution in [-0.2, 0) is 6.42 Å². The summed E-state index contributed by atoms with van der Waals surface area (Å²) in [5.41, 5.74) is 4.59. The molecule has 0 spiro atoms. The number of fused-ring (bicyclic) bond motifs is 1. The molecule has 0 unspecified atom stereocenters. The number of benzene rings is 1. The first kappa shape index (κ1) is 17.5. The number of rotatable bonds is 6. The lowest BCUT2D eigenvalue weighted by molar-refractivity contribution is 0.792. The highest BCUT2D eigenvalue weighted by Gasteiger charge is 2.10. The molecule has 136 valence electrons. The fraction of sp³-hybridized carbons (Fsp3) is 0.150. The Hall–Kier alpha value is -2.96. The maximum Gasteiger partial charge on any atom is 0.227 e. The summed E-state index contributed by atoms with van der Waals surface area (Å²) in [7, 11) is 1.94. The quantitative estimate of drug-likeness (QED) is 0.469. The molecule has 0 aliphatic heterocycles. The van der Waals surface area contributed by atoms with Gasteiger partial charge in [0.15, 0.2) is 0 Å². The number of halogens is 1. The summed E-state index contributed by atoms with van der Waals surface area (Å²) in [6.45, 7) is 0.910. The Labute approximate surface area is 162 Å². The minimum atomic E-state index is 0.496. The predicted octanol–water partition coefficient (Wildman–Crippen LogP) is 4.18. The molecule has 3 N–H and O–H groups in total. The Kier molecular flexibility index (Phi) is 5.00. The van der Waals surface area contributed by atoms with Crippen LogP contribution in [0.15, 0.2) is 55.0 Å². The fourth-order valence-electron chi connectivity index (χ4n) is 2.94. The topological polar surface area (TPSA) is 78.5 Å². The third-order valence-electron chi connectivity index (χ3n) is 4.33. The molecule has 0 fully saturated rings. The predicted molar refractivity (Wildman–Crippen MR) is 109 cm³/mol. The molecule has 3 aromatic heterocycles. The second-order valence-electron chi connectivity index (χ2n) is 6.16. The first-order chi connectivity index (χ1) is 13.2. The second-order valence-corrected chi connectivity index (χ2v) is 6.57. The number of nitrogens with zero attached hydrogens (tertiary/aromatic N) is 3. The van der Waals surface area contributed by atoms with Crippen LogP contribution in [-0.4, -0.2) is 33.5 Å². The van der Waals surface area contributed by atoms with Crippen molar-refractivity contribution in [3.8, 4) is 11.3 Å². The van der Waals surface area contributed by atoms with E-state index in [0.29, 0.717) is 11.0 Å². The molecular weight excluding hydrogens is 360 g/mol. The number of aromatic amines is 1. The zero-order chi connectivity index (χ0) is 18.6. The average Bonchev–Trinajstić information content (AvgIpc) is 3.13. The van der Waals surface area contributed by atoms with Gasteiger partial charge in [0, 0.05) is 29.5 Å². The van der Waals surface area contributed by atoms with Crippen LogP contribution in [0.3, 0.4) is 0 Å². The van der Waals surface area contributed by atoms with Crippen LogP contribution < -0.4 is 10.6 Å². The highest BCUT2D eigenvalue weighted by atomic mass is 35.5. The minimum Gasteiger partial charge on any atom is -0.345 e. The van der Waals surface area contributed by atoms with Gasteiger partial charge in [0.05, 0.1) is 16.4 Å². The average molecular weight is 379 g/mol. The van der Waals surface area contributed by atoms with Gasteiger partial charge in [-0.1, -0.05) is 17.7 Å². The van der Waals surface area contributed by atoms with E-state index >= 15 is 0 Å². The van der Waals surface area contributed by atoms with E-state index in [0.717, 1.165) is 40.9 Å². The summed E-state index contributed by atoms with van der Waals surface area (Å²) in [4.78, 5) is 16.4. The van der Waals surface area contributed by atoms with E-state index in [-0.39, 0.29) is 0 Å². The van der Waals surface area contributed by atoms with Crippen LogP contribution in [0.5, 0.6) is 0 Å². The molecule has 27 heavy (non-hydrogen) atoms. The van der Waals surface area contributed by atoms with E-state index in [9.17, 15) is 0 Å². The van der Waals surface area contributed by atoms with E-state index in [1.165, 1.54) is 5.56 Å². The van der Waals surface area contributed by atoms with Gasteiger partial charge in [0.25, 0.3) is 0 Å². The summed E-state index contributed by atoms with van der Waals surface area (Å²) < 4.78 is 0. The molecule has 4 aromatic rings. The standard InChI is InChI=1S/C20H19ClN6/c1-22-9-6-13-4-5-18(16(21)11-13)27-20-24-10-7-17(26-20)15-12-25-19-14(15)3-2-8-23-19/h2-5,7-8,10-12,22H,6,9H2,1H3,(H,23,25)(H,24,26,27). The van der Waals surface area contributed by atoms with Crippen molar-refractivity contribution in [3.05, 3.63) is 65.6 Å². The van der Waals surface area contributed by atoms with Gasteiger partial charge in [-0.15, -0.1) is 0 Å². The summed E-state index contributed by atoms with van der Waals surface area (Å²) in [6.07, 6.45) is 6.33. The maximum absolute atomic E-state index is 6.42. The van der Waals surface area contributed by atoms with E-state index in [4.69, 9.17) is 11.6 Å². The van der Waals surface area contributed by atoms with Crippen LogP contribution in [0.4, 0.5) is 11.6 Å². The lowest BCUT2D eigenvalue weighted by atomic mass is 10.1. The van der Waals surface area contributed by atoms with Crippen molar-refractivity contribution < 1.29 is 0 Å². The van der Waals surface area contributed by atoms with E-state index < -0.39 is 0 Å². The third kappa shape index (κ3) is 3.77. The molecule has 0 amide bonds. The Bertz CT molecular complexity index is 1070. The van der Waals surface area contributed by atoms with Crippen LogP contribution in [0, 0.1) is 0 Å². The van der Waals surface area contributed by atoms with Gasteiger partial charge >= 0.3 is 0 Å². The van der Waals surface area contributed by atoms with Crippen molar-refractivity contribution in [1.29, 1.82) is 0 Å². The Morgan fingerprint density at radius 3 is 2.89 bits per heavy atom. The lowest BCUT2D eigenvalue weighted by Crippen LogP contribution is -2.10. The third-order valence-corrected chi connectivity index (χ3v) is 4.64. The summed E-state index contributed by atoms with van der Waals surface area (Å²) in [5, 5.41) is 8.02. The molecule has 1 aromatic carbocycles. The van der Waals surface area contributed by atoms with Crippen molar-refractivity contribution in [2.45, 2.75) is 6.42 Å². The highest BCUT2D eigenvalue weighted by molar-refractivity contribution is 6.33. The molecular formula is C20H19ClN6. The largest absolute Gasteiger partial charge is 0.345 e. The van der Waals surface area contributed by atoms with Crippen molar-refractivity contribution >= 4 is 34.3 Å². The number of hydrogen-bond donors (Lipinski definition) is 3. The van der Waals surface area contributed by atoms with Crippen LogP contribution in [0.1, 0.15) is 5.56 Å². The van der Waals surface area contributed by atoms with E-state index in [1.54, 1.807) is 12.4 Å². The first-order valence-corrected chi connectivity index (χ1v) is 9.08. The number of anilines is 2. The van der Waals surface area contributed by atoms with Crippen LogP contribution in [0.25, 0.3) is 22.3 Å². The molecule has 0 saturated carbocycles. The molecule has 0 saturated heterocycles. The van der Waals surface area contributed by atoms with Gasteiger partial charge in [-0.25, -0.2) is 15.0 Å². The van der Waals surface area contributed by atoms with Crippen molar-refractivity contribution in [2.24, 2.45) is 0 Å². The van der Waals surface area contributed by atoms with Gasteiger partial charge in [-0.3, -0.25) is 0 Å². The molecule has 7 heteroatoms. The van der Waals surface area contributed by atoms with Gasteiger partial charge in [0.1, 0.15) is 5.65 Å². The van der Waals surface area contributed by atoms with Gasteiger partial charge < -0.3 is 15.6 Å². The zero-order valence-electron chi connectivity index (χ0n) is 14.8. The summed E-state index contributed by atoms with van der Waals surface area (Å²) in [5.74, 6) is 0.496. The normalized spacial score (nSPS) is 11.0. The molecule has 6 nitrogen and oxygen atoms in total. The lowest BCUT2D eigenvalue weighted by Gasteiger charge is -2.10. The van der Waals surface area contributed by atoms with Crippen LogP contribution >= 0.6 is 11.6 Å². The molecule has 0 atom stereocenters. The van der Waals surface area contributed by atoms with Crippen LogP contribution in [0.2, 0.25) is 5.02 Å². The highest BCUT2D eigenvalue weighted by Crippen LogP contribution is 2.28. The Morgan fingerprint density at radius 2 is 2.04 bits per heavy atom. The van der Waals surface area contributed by atoms with Crippen molar-refractivity contribution in [3.63, 3.8) is 0 Å². The number of hydrogen-bond acceptors (Lipinski definition) is 5. The van der Waals surface area contributed by atoms with Gasteiger partial charge in [-0.05, 0) is 55.9 Å². The molecule has 0 aliphatic rings. The van der Waals surface area contributed by atoms with E-state index in [2.05, 4.69) is 36.6 Å². The molecule has 0 bridgehead atoms. The smallest absolute Gasteiger partial charge is 0.227 e. The monoisotopic (exact) mass is 378 g/mol. The van der Waals surface area contributed by atoms with Gasteiger partial charge in [-0.2, -0.15) is 0 Å². The maximum atomic E-state index is 6.42. The Balaban J connectivity index is 1.60. The minimum absolute atomic E-state index is 0.496. The number of pyridine rings is 1. The molecule has 4 rings (SSSR count). The summed E-state index contributed by atoms with van der Waals surface area (Å²) in [6, 6.07) is 11.8. The number of likely N-dealkylation sites (N-methyl/N-ethyl adjacent to an activating group) is 1. The molecule has 0 aliphatic carbocycles. The SMILES string of the molecule is CNCCc1ccc(Nc2nccc(-c3c[nH]c4ncccc34)n2)c(Cl)c1. The number of aromatic nitrogens is 4. The first-order valence-electron chi connectivity index (χ1n) is 8.70. The molecule has 0 radical (unpaired) electrons. The van der Waals surface area contributed by atoms with E-state index in [1.807, 2.05) is 43.6 Å². The van der Waals surface area contributed by atoms with Gasteiger partial charge in [0.2, 0.25) is 5.95 Å².